The molecular formula is C13H19N3O. The molecule has 3 heterocycles. The zero-order valence-corrected chi connectivity index (χ0v) is 10.4. The molecule has 0 unspecified atom stereocenters. The number of aromatic nitrogens is 1. The molecule has 0 aromatic carbocycles. The fourth-order valence-corrected chi connectivity index (χ4v) is 3.08. The van der Waals surface area contributed by atoms with Gasteiger partial charge in [-0.05, 0) is 31.4 Å². The molecule has 0 radical (unpaired) electrons. The first-order chi connectivity index (χ1) is 8.18. The molecule has 2 aliphatic heterocycles. The van der Waals surface area contributed by atoms with Crippen molar-refractivity contribution in [3.63, 3.8) is 0 Å². The molecule has 3 rings (SSSR count). The van der Waals surface area contributed by atoms with Gasteiger partial charge in [0.05, 0.1) is 0 Å². The molecule has 0 saturated carbocycles. The molecule has 0 aliphatic carbocycles. The van der Waals surface area contributed by atoms with E-state index in [2.05, 4.69) is 10.2 Å². The second-order valence-corrected chi connectivity index (χ2v) is 5.19. The van der Waals surface area contributed by atoms with Crippen LogP contribution in [0.3, 0.4) is 0 Å². The van der Waals surface area contributed by atoms with Gasteiger partial charge in [-0.2, -0.15) is 0 Å². The third kappa shape index (κ3) is 1.59. The van der Waals surface area contributed by atoms with Gasteiger partial charge in [0.2, 0.25) is 0 Å². The number of likely N-dealkylation sites (tertiary alicyclic amines) is 1. The Hall–Kier alpha value is -1.29. The highest BCUT2D eigenvalue weighted by Crippen LogP contribution is 2.28. The Balaban J connectivity index is 1.85. The maximum absolute atomic E-state index is 12.5. The molecule has 2 fully saturated rings. The van der Waals surface area contributed by atoms with E-state index in [9.17, 15) is 4.79 Å². The Morgan fingerprint density at radius 3 is 2.94 bits per heavy atom. The zero-order valence-electron chi connectivity index (χ0n) is 10.4. The third-order valence-corrected chi connectivity index (χ3v) is 4.30. The van der Waals surface area contributed by atoms with Crippen molar-refractivity contribution in [3.8, 4) is 0 Å². The van der Waals surface area contributed by atoms with Gasteiger partial charge in [0.15, 0.2) is 0 Å². The Morgan fingerprint density at radius 1 is 1.41 bits per heavy atom. The molecule has 1 aromatic rings. The molecule has 4 nitrogen and oxygen atoms in total. The topological polar surface area (TPSA) is 37.3 Å². The van der Waals surface area contributed by atoms with E-state index in [4.69, 9.17) is 0 Å². The minimum absolute atomic E-state index is 0.191. The van der Waals surface area contributed by atoms with Crippen LogP contribution in [0.25, 0.3) is 0 Å². The van der Waals surface area contributed by atoms with Gasteiger partial charge in [-0.1, -0.05) is 0 Å². The fraction of sp³-hybridized carbons (Fsp3) is 0.615. The molecule has 1 amide bonds. The molecule has 1 aromatic heterocycles. The standard InChI is InChI=1S/C13H19N3O/c1-9-3-4-11(15(9)2)13(17)16-6-5-10-7-14-8-12(10)16/h3-4,10,12,14H,5-8H2,1-2H3/t10-,12+/m0/s1. The Morgan fingerprint density at radius 2 is 2.24 bits per heavy atom. The van der Waals surface area contributed by atoms with Crippen LogP contribution in [0.5, 0.6) is 0 Å². The van der Waals surface area contributed by atoms with Crippen LogP contribution >= 0.6 is 0 Å². The summed E-state index contributed by atoms with van der Waals surface area (Å²) in [7, 11) is 1.96. The summed E-state index contributed by atoms with van der Waals surface area (Å²) in [6.07, 6.45) is 1.15. The monoisotopic (exact) mass is 233 g/mol. The number of carbonyl (C=O) groups excluding carboxylic acids is 1. The first-order valence-electron chi connectivity index (χ1n) is 6.32. The van der Waals surface area contributed by atoms with Crippen LogP contribution in [-0.2, 0) is 7.05 Å². The Kier molecular flexibility index (Phi) is 2.47. The minimum Gasteiger partial charge on any atom is -0.344 e. The predicted octanol–water partition coefficient (Wildman–Crippen LogP) is 0.767. The minimum atomic E-state index is 0.191. The number of carbonyl (C=O) groups is 1. The van der Waals surface area contributed by atoms with Gasteiger partial charge in [0.1, 0.15) is 5.69 Å². The molecule has 1 N–H and O–H groups in total. The Bertz CT molecular complexity index is 452. The molecule has 0 spiro atoms. The van der Waals surface area contributed by atoms with Gasteiger partial charge in [-0.15, -0.1) is 0 Å². The summed E-state index contributed by atoms with van der Waals surface area (Å²) >= 11 is 0. The summed E-state index contributed by atoms with van der Waals surface area (Å²) < 4.78 is 1.98. The second kappa shape index (κ2) is 3.88. The lowest BCUT2D eigenvalue weighted by atomic mass is 10.1. The largest absolute Gasteiger partial charge is 0.344 e. The smallest absolute Gasteiger partial charge is 0.270 e. The van der Waals surface area contributed by atoms with Gasteiger partial charge in [-0.3, -0.25) is 4.79 Å². The number of hydrogen-bond acceptors (Lipinski definition) is 2. The summed E-state index contributed by atoms with van der Waals surface area (Å²) in [6, 6.07) is 4.36. The van der Waals surface area contributed by atoms with Crippen molar-refractivity contribution >= 4 is 5.91 Å². The van der Waals surface area contributed by atoms with Gasteiger partial charge in [-0.25, -0.2) is 0 Å². The van der Waals surface area contributed by atoms with Crippen LogP contribution in [-0.4, -0.2) is 41.1 Å². The zero-order chi connectivity index (χ0) is 12.0. The van der Waals surface area contributed by atoms with Crippen LogP contribution in [0.4, 0.5) is 0 Å². The molecule has 4 heteroatoms. The van der Waals surface area contributed by atoms with Crippen LogP contribution in [0.2, 0.25) is 0 Å². The van der Waals surface area contributed by atoms with E-state index >= 15 is 0 Å². The average Bonchev–Trinajstić information content (AvgIpc) is 2.95. The van der Waals surface area contributed by atoms with E-state index in [1.54, 1.807) is 0 Å². The number of amides is 1. The first-order valence-corrected chi connectivity index (χ1v) is 6.32. The normalized spacial score (nSPS) is 27.5. The summed E-state index contributed by atoms with van der Waals surface area (Å²) in [5.74, 6) is 0.858. The highest BCUT2D eigenvalue weighted by Gasteiger charge is 2.40. The van der Waals surface area contributed by atoms with Gasteiger partial charge in [0.25, 0.3) is 5.91 Å². The summed E-state index contributed by atoms with van der Waals surface area (Å²) in [6.45, 7) is 4.97. The number of nitrogens with one attached hydrogen (secondary N) is 1. The van der Waals surface area contributed by atoms with Crippen LogP contribution in [0.1, 0.15) is 22.6 Å². The van der Waals surface area contributed by atoms with Crippen molar-refractivity contribution in [3.05, 3.63) is 23.5 Å². The molecule has 17 heavy (non-hydrogen) atoms. The molecule has 2 aliphatic rings. The third-order valence-electron chi connectivity index (χ3n) is 4.30. The quantitative estimate of drug-likeness (QED) is 0.778. The number of hydrogen-bond donors (Lipinski definition) is 1. The van der Waals surface area contributed by atoms with E-state index in [-0.39, 0.29) is 5.91 Å². The number of nitrogens with zero attached hydrogens (tertiary/aromatic N) is 2. The Labute approximate surface area is 102 Å². The fourth-order valence-electron chi connectivity index (χ4n) is 3.08. The lowest BCUT2D eigenvalue weighted by Gasteiger charge is -2.23. The van der Waals surface area contributed by atoms with Crippen molar-refractivity contribution in [1.29, 1.82) is 0 Å². The van der Waals surface area contributed by atoms with Crippen molar-refractivity contribution in [1.82, 2.24) is 14.8 Å². The second-order valence-electron chi connectivity index (χ2n) is 5.19. The van der Waals surface area contributed by atoms with Crippen LogP contribution in [0.15, 0.2) is 12.1 Å². The van der Waals surface area contributed by atoms with Crippen LogP contribution in [0, 0.1) is 12.8 Å². The molecule has 2 atom stereocenters. The van der Waals surface area contributed by atoms with Gasteiger partial charge < -0.3 is 14.8 Å². The van der Waals surface area contributed by atoms with Crippen molar-refractivity contribution in [2.24, 2.45) is 13.0 Å². The van der Waals surface area contributed by atoms with Crippen molar-refractivity contribution < 1.29 is 4.79 Å². The average molecular weight is 233 g/mol. The highest BCUT2D eigenvalue weighted by molar-refractivity contribution is 5.93. The SMILES string of the molecule is Cc1ccc(C(=O)N2CC[C@H]3CNC[C@H]32)n1C. The molecule has 92 valence electrons. The van der Waals surface area contributed by atoms with E-state index in [0.29, 0.717) is 12.0 Å². The summed E-state index contributed by atoms with van der Waals surface area (Å²) in [4.78, 5) is 14.6. The van der Waals surface area contributed by atoms with Crippen LogP contribution < -0.4 is 5.32 Å². The maximum atomic E-state index is 12.5. The first kappa shape index (κ1) is 10.8. The lowest BCUT2D eigenvalue weighted by Crippen LogP contribution is -2.39. The van der Waals surface area contributed by atoms with E-state index in [0.717, 1.165) is 37.4 Å². The van der Waals surface area contributed by atoms with Crippen molar-refractivity contribution in [2.45, 2.75) is 19.4 Å². The summed E-state index contributed by atoms with van der Waals surface area (Å²) in [5.41, 5.74) is 1.95. The molecular weight excluding hydrogens is 214 g/mol. The van der Waals surface area contributed by atoms with Gasteiger partial charge >= 0.3 is 0 Å². The number of rotatable bonds is 1. The number of aryl methyl sites for hydroxylation is 1. The highest BCUT2D eigenvalue weighted by atomic mass is 16.2. The molecule has 0 bridgehead atoms. The van der Waals surface area contributed by atoms with Crippen molar-refractivity contribution in [2.75, 3.05) is 19.6 Å². The maximum Gasteiger partial charge on any atom is 0.270 e. The van der Waals surface area contributed by atoms with Gasteiger partial charge in [0, 0.05) is 38.4 Å². The lowest BCUT2D eigenvalue weighted by molar-refractivity contribution is 0.0727. The van der Waals surface area contributed by atoms with E-state index < -0.39 is 0 Å². The summed E-state index contributed by atoms with van der Waals surface area (Å²) in [5, 5.41) is 3.38. The number of fused-ring (bicyclic) bond motifs is 1. The van der Waals surface area contributed by atoms with E-state index in [1.165, 1.54) is 0 Å². The van der Waals surface area contributed by atoms with E-state index in [1.807, 2.05) is 30.7 Å². The predicted molar refractivity (Wildman–Crippen MR) is 66.0 cm³/mol. The molecule has 2 saturated heterocycles.